The molecule has 30 heavy (non-hydrogen) atoms. The molecule has 1 aliphatic carbocycles. The van der Waals surface area contributed by atoms with E-state index in [1.165, 1.54) is 50.6 Å². The molecule has 0 aliphatic heterocycles. The monoisotopic (exact) mass is 432 g/mol. The molecule has 0 spiro atoms. The summed E-state index contributed by atoms with van der Waals surface area (Å²) in [5.41, 5.74) is 1.14. The van der Waals surface area contributed by atoms with Crippen LogP contribution in [-0.2, 0) is 25.6 Å². The van der Waals surface area contributed by atoms with Crippen LogP contribution in [0.15, 0.2) is 23.2 Å². The molecule has 3 rings (SSSR count). The summed E-state index contributed by atoms with van der Waals surface area (Å²) in [6.45, 7) is 1.99. The molecular formula is C22H28N2O5S. The average Bonchev–Trinajstić information content (AvgIpc) is 3.09. The highest BCUT2D eigenvalue weighted by Crippen LogP contribution is 2.27. The van der Waals surface area contributed by atoms with Crippen LogP contribution in [-0.4, -0.2) is 36.1 Å². The van der Waals surface area contributed by atoms with Crippen LogP contribution in [0.5, 0.6) is 0 Å². The van der Waals surface area contributed by atoms with Gasteiger partial charge in [-0.15, -0.1) is 0 Å². The van der Waals surface area contributed by atoms with Crippen molar-refractivity contribution in [1.29, 1.82) is 0 Å². The van der Waals surface area contributed by atoms with Gasteiger partial charge in [0.2, 0.25) is 5.91 Å². The third-order valence-corrected chi connectivity index (χ3v) is 6.46. The van der Waals surface area contributed by atoms with E-state index in [9.17, 15) is 14.4 Å². The van der Waals surface area contributed by atoms with Crippen LogP contribution in [0.2, 0.25) is 0 Å². The molecule has 1 aromatic heterocycles. The summed E-state index contributed by atoms with van der Waals surface area (Å²) in [7, 11) is 1.32. The van der Waals surface area contributed by atoms with Gasteiger partial charge in [0.05, 0.1) is 29.5 Å². The zero-order valence-corrected chi connectivity index (χ0v) is 18.3. The summed E-state index contributed by atoms with van der Waals surface area (Å²) in [5, 5.41) is 0. The van der Waals surface area contributed by atoms with E-state index in [1.54, 1.807) is 29.7 Å². The van der Waals surface area contributed by atoms with Crippen LogP contribution >= 0.6 is 11.3 Å². The Morgan fingerprint density at radius 2 is 1.97 bits per heavy atom. The van der Waals surface area contributed by atoms with Crippen LogP contribution in [0.25, 0.3) is 10.2 Å². The second kappa shape index (κ2) is 10.5. The number of thiazole rings is 1. The van der Waals surface area contributed by atoms with Crippen molar-refractivity contribution < 1.29 is 23.9 Å². The summed E-state index contributed by atoms with van der Waals surface area (Å²) < 4.78 is 12.3. The number of fused-ring (bicyclic) bond motifs is 1. The van der Waals surface area contributed by atoms with Crippen molar-refractivity contribution in [2.45, 2.75) is 58.4 Å². The lowest BCUT2D eigenvalue weighted by Gasteiger charge is -2.20. The Morgan fingerprint density at radius 3 is 2.67 bits per heavy atom. The molecule has 0 radical (unpaired) electrons. The Labute approximate surface area is 179 Å². The van der Waals surface area contributed by atoms with Gasteiger partial charge in [0.1, 0.15) is 6.54 Å². The highest BCUT2D eigenvalue weighted by atomic mass is 32.1. The van der Waals surface area contributed by atoms with Gasteiger partial charge in [-0.05, 0) is 37.5 Å². The predicted octanol–water partition coefficient (Wildman–Crippen LogP) is 3.84. The fourth-order valence-corrected chi connectivity index (χ4v) is 4.90. The van der Waals surface area contributed by atoms with Gasteiger partial charge in [0.25, 0.3) is 0 Å². The number of esters is 2. The number of nitrogens with zero attached hydrogens (tertiary/aromatic N) is 2. The zero-order chi connectivity index (χ0) is 21.5. The van der Waals surface area contributed by atoms with Gasteiger partial charge in [-0.2, -0.15) is 4.99 Å². The van der Waals surface area contributed by atoms with E-state index >= 15 is 0 Å². The van der Waals surface area contributed by atoms with E-state index < -0.39 is 11.9 Å². The van der Waals surface area contributed by atoms with Crippen LogP contribution in [0.4, 0.5) is 0 Å². The zero-order valence-electron chi connectivity index (χ0n) is 17.5. The fraction of sp³-hybridized carbons (Fsp3) is 0.545. The Kier molecular flexibility index (Phi) is 7.79. The quantitative estimate of drug-likeness (QED) is 0.621. The van der Waals surface area contributed by atoms with Crippen molar-refractivity contribution in [2.24, 2.45) is 10.9 Å². The van der Waals surface area contributed by atoms with E-state index in [4.69, 9.17) is 9.47 Å². The van der Waals surface area contributed by atoms with Gasteiger partial charge in [0.15, 0.2) is 4.80 Å². The minimum atomic E-state index is -0.430. The third-order valence-electron chi connectivity index (χ3n) is 5.42. The molecule has 1 aliphatic rings. The van der Waals surface area contributed by atoms with E-state index in [0.29, 0.717) is 29.3 Å². The largest absolute Gasteiger partial charge is 0.468 e. The first kappa shape index (κ1) is 22.2. The van der Waals surface area contributed by atoms with Crippen molar-refractivity contribution in [3.8, 4) is 0 Å². The lowest BCUT2D eigenvalue weighted by Crippen LogP contribution is -2.22. The summed E-state index contributed by atoms with van der Waals surface area (Å²) in [6, 6.07) is 5.10. The molecule has 0 unspecified atom stereocenters. The smallest absolute Gasteiger partial charge is 0.338 e. The lowest BCUT2D eigenvalue weighted by molar-refractivity contribution is -0.141. The molecule has 1 amide bonds. The summed E-state index contributed by atoms with van der Waals surface area (Å²) in [4.78, 5) is 41.2. The highest BCUT2D eigenvalue weighted by Gasteiger charge is 2.17. The Bertz CT molecular complexity index is 985. The highest BCUT2D eigenvalue weighted by molar-refractivity contribution is 7.16. The molecule has 1 heterocycles. The van der Waals surface area contributed by atoms with Crippen LogP contribution in [0.3, 0.4) is 0 Å². The molecule has 0 saturated heterocycles. The Balaban J connectivity index is 1.88. The maximum absolute atomic E-state index is 12.5. The molecular weight excluding hydrogens is 404 g/mol. The van der Waals surface area contributed by atoms with Gasteiger partial charge >= 0.3 is 11.9 Å². The molecule has 8 heteroatoms. The average molecular weight is 433 g/mol. The standard InChI is InChI=1S/C22H28N2O5S/c1-3-29-21(27)16-10-11-17-18(13-16)30-22(24(17)14-20(26)28-2)23-19(25)12-9-15-7-5-4-6-8-15/h10-11,13,15H,3-9,12,14H2,1-2H3. The van der Waals surface area contributed by atoms with Gasteiger partial charge in [-0.25, -0.2) is 4.79 Å². The van der Waals surface area contributed by atoms with Gasteiger partial charge in [-0.3, -0.25) is 9.59 Å². The summed E-state index contributed by atoms with van der Waals surface area (Å²) >= 11 is 1.28. The SMILES string of the molecule is CCOC(=O)c1ccc2c(c1)sc(=NC(=O)CCC1CCCCC1)n2CC(=O)OC. The van der Waals surface area contributed by atoms with Crippen LogP contribution in [0, 0.1) is 5.92 Å². The fourth-order valence-electron chi connectivity index (χ4n) is 3.81. The maximum atomic E-state index is 12.5. The first-order valence-electron chi connectivity index (χ1n) is 10.5. The second-order valence-corrected chi connectivity index (χ2v) is 8.51. The summed E-state index contributed by atoms with van der Waals surface area (Å²) in [6.07, 6.45) is 7.42. The van der Waals surface area contributed by atoms with Gasteiger partial charge in [0, 0.05) is 6.42 Å². The van der Waals surface area contributed by atoms with Crippen LogP contribution < -0.4 is 4.80 Å². The van der Waals surface area contributed by atoms with Crippen molar-refractivity contribution in [1.82, 2.24) is 4.57 Å². The van der Waals surface area contributed by atoms with E-state index in [2.05, 4.69) is 4.99 Å². The second-order valence-electron chi connectivity index (χ2n) is 7.50. The number of carbonyl (C=O) groups is 3. The molecule has 1 saturated carbocycles. The van der Waals surface area contributed by atoms with Crippen molar-refractivity contribution in [3.63, 3.8) is 0 Å². The third kappa shape index (κ3) is 5.56. The molecule has 1 fully saturated rings. The number of amides is 1. The number of carbonyl (C=O) groups excluding carboxylic acids is 3. The number of hydrogen-bond donors (Lipinski definition) is 0. The van der Waals surface area contributed by atoms with Gasteiger partial charge in [-0.1, -0.05) is 43.4 Å². The Hall–Kier alpha value is -2.48. The van der Waals surface area contributed by atoms with Gasteiger partial charge < -0.3 is 14.0 Å². The van der Waals surface area contributed by atoms with Crippen molar-refractivity contribution in [2.75, 3.05) is 13.7 Å². The minimum absolute atomic E-state index is 0.0516. The maximum Gasteiger partial charge on any atom is 0.338 e. The lowest BCUT2D eigenvalue weighted by atomic mass is 9.86. The van der Waals surface area contributed by atoms with Crippen molar-refractivity contribution in [3.05, 3.63) is 28.6 Å². The normalized spacial score (nSPS) is 15.3. The first-order chi connectivity index (χ1) is 14.5. The number of benzene rings is 1. The minimum Gasteiger partial charge on any atom is -0.468 e. The van der Waals surface area contributed by atoms with E-state index in [-0.39, 0.29) is 12.5 Å². The molecule has 2 aromatic rings. The number of aromatic nitrogens is 1. The molecule has 162 valence electrons. The molecule has 0 atom stereocenters. The first-order valence-corrected chi connectivity index (χ1v) is 11.3. The molecule has 0 bridgehead atoms. The molecule has 7 nitrogen and oxygen atoms in total. The van der Waals surface area contributed by atoms with Crippen LogP contribution in [0.1, 0.15) is 62.2 Å². The van der Waals surface area contributed by atoms with Crippen molar-refractivity contribution >= 4 is 39.4 Å². The number of methoxy groups -OCH3 is 1. The predicted molar refractivity (Wildman–Crippen MR) is 114 cm³/mol. The number of rotatable bonds is 7. The van der Waals surface area contributed by atoms with E-state index in [0.717, 1.165) is 16.6 Å². The summed E-state index contributed by atoms with van der Waals surface area (Å²) in [5.74, 6) is -0.416. The number of hydrogen-bond acceptors (Lipinski definition) is 6. The topological polar surface area (TPSA) is 87.0 Å². The molecule has 1 aromatic carbocycles. The molecule has 0 N–H and O–H groups in total. The Morgan fingerprint density at radius 1 is 1.20 bits per heavy atom. The number of ether oxygens (including phenoxy) is 2. The van der Waals surface area contributed by atoms with E-state index in [1.807, 2.05) is 0 Å².